The van der Waals surface area contributed by atoms with E-state index in [0.717, 1.165) is 33.8 Å². The Kier molecular flexibility index (Phi) is 7.61. The smallest absolute Gasteiger partial charge is 0.125 e. The van der Waals surface area contributed by atoms with Crippen LogP contribution in [-0.4, -0.2) is 38.1 Å². The van der Waals surface area contributed by atoms with Crippen LogP contribution in [0.5, 0.6) is 11.5 Å². The molecule has 0 unspecified atom stereocenters. The van der Waals surface area contributed by atoms with Gasteiger partial charge in [0.2, 0.25) is 0 Å². The maximum atomic E-state index is 7.54. The van der Waals surface area contributed by atoms with Crippen molar-refractivity contribution in [2.24, 2.45) is 11.5 Å². The van der Waals surface area contributed by atoms with Gasteiger partial charge in [0.25, 0.3) is 0 Å². The highest BCUT2D eigenvalue weighted by Gasteiger charge is 2.09. The van der Waals surface area contributed by atoms with E-state index in [4.69, 9.17) is 36.5 Å². The van der Waals surface area contributed by atoms with Crippen LogP contribution in [0.2, 0.25) is 0 Å². The summed E-state index contributed by atoms with van der Waals surface area (Å²) < 4.78 is 17.3. The van der Waals surface area contributed by atoms with Gasteiger partial charge in [-0.15, -0.1) is 0 Å². The van der Waals surface area contributed by atoms with Gasteiger partial charge >= 0.3 is 0 Å². The molecule has 0 spiro atoms. The summed E-state index contributed by atoms with van der Waals surface area (Å²) in [6.07, 6.45) is 0. The third kappa shape index (κ3) is 5.96. The number of benzene rings is 2. The molecule has 0 aliphatic heterocycles. The van der Waals surface area contributed by atoms with Crippen molar-refractivity contribution in [2.45, 2.75) is 27.7 Å². The Hall–Kier alpha value is -3.06. The van der Waals surface area contributed by atoms with Crippen molar-refractivity contribution in [3.63, 3.8) is 0 Å². The zero-order valence-corrected chi connectivity index (χ0v) is 17.5. The summed E-state index contributed by atoms with van der Waals surface area (Å²) in [7, 11) is 0. The van der Waals surface area contributed by atoms with E-state index in [-0.39, 0.29) is 11.7 Å². The van der Waals surface area contributed by atoms with E-state index >= 15 is 0 Å². The molecule has 0 aliphatic rings. The summed E-state index contributed by atoms with van der Waals surface area (Å²) in [4.78, 5) is 0. The SMILES string of the molecule is Cc1cc(C(=N)N)cc(C)c1OCCOCCOc1c(C)cc(C(=N)N)cc1C. The number of nitrogens with two attached hydrogens (primary N) is 2. The number of ether oxygens (including phenoxy) is 3. The van der Waals surface area contributed by atoms with Gasteiger partial charge in [0.15, 0.2) is 0 Å². The highest BCUT2D eigenvalue weighted by molar-refractivity contribution is 5.96. The highest BCUT2D eigenvalue weighted by Crippen LogP contribution is 2.25. The average molecular weight is 399 g/mol. The normalized spacial score (nSPS) is 10.6. The molecule has 156 valence electrons. The van der Waals surface area contributed by atoms with Crippen LogP contribution < -0.4 is 20.9 Å². The number of aryl methyl sites for hydroxylation is 4. The van der Waals surface area contributed by atoms with Crippen molar-refractivity contribution in [3.8, 4) is 11.5 Å². The van der Waals surface area contributed by atoms with Crippen molar-refractivity contribution in [3.05, 3.63) is 57.6 Å². The third-order valence-electron chi connectivity index (χ3n) is 4.49. The first-order chi connectivity index (χ1) is 13.7. The number of hydrogen-bond acceptors (Lipinski definition) is 5. The van der Waals surface area contributed by atoms with Gasteiger partial charge in [-0.3, -0.25) is 10.8 Å². The van der Waals surface area contributed by atoms with Crippen LogP contribution in [0.1, 0.15) is 33.4 Å². The summed E-state index contributed by atoms with van der Waals surface area (Å²) in [6.45, 7) is 9.48. The molecule has 2 rings (SSSR count). The van der Waals surface area contributed by atoms with Gasteiger partial charge in [0.1, 0.15) is 36.4 Å². The van der Waals surface area contributed by atoms with Gasteiger partial charge in [-0.2, -0.15) is 0 Å². The Balaban J connectivity index is 1.76. The van der Waals surface area contributed by atoms with E-state index < -0.39 is 0 Å². The Labute approximate surface area is 172 Å². The first-order valence-electron chi connectivity index (χ1n) is 9.45. The van der Waals surface area contributed by atoms with Gasteiger partial charge in [0.05, 0.1) is 13.2 Å². The largest absolute Gasteiger partial charge is 0.491 e. The second-order valence-corrected chi connectivity index (χ2v) is 7.01. The lowest BCUT2D eigenvalue weighted by Crippen LogP contribution is -2.15. The molecule has 7 heteroatoms. The lowest BCUT2D eigenvalue weighted by molar-refractivity contribution is 0.0758. The van der Waals surface area contributed by atoms with Crippen LogP contribution in [0.25, 0.3) is 0 Å². The van der Waals surface area contributed by atoms with E-state index in [9.17, 15) is 0 Å². The topological polar surface area (TPSA) is 127 Å². The van der Waals surface area contributed by atoms with Crippen molar-refractivity contribution in [1.29, 1.82) is 10.8 Å². The van der Waals surface area contributed by atoms with E-state index in [2.05, 4.69) is 0 Å². The van der Waals surface area contributed by atoms with Gasteiger partial charge < -0.3 is 25.7 Å². The molecular weight excluding hydrogens is 368 g/mol. The third-order valence-corrected chi connectivity index (χ3v) is 4.49. The van der Waals surface area contributed by atoms with Crippen molar-refractivity contribution in [2.75, 3.05) is 26.4 Å². The average Bonchev–Trinajstić information content (AvgIpc) is 2.63. The minimum absolute atomic E-state index is 0.0486. The number of amidine groups is 2. The summed E-state index contributed by atoms with van der Waals surface area (Å²) in [6, 6.07) is 7.39. The fourth-order valence-electron chi connectivity index (χ4n) is 3.17. The Morgan fingerprint density at radius 2 is 0.966 bits per heavy atom. The molecule has 0 saturated heterocycles. The molecule has 0 radical (unpaired) electrons. The Morgan fingerprint density at radius 1 is 0.655 bits per heavy atom. The van der Waals surface area contributed by atoms with E-state index in [1.807, 2.05) is 52.0 Å². The molecule has 0 fully saturated rings. The Morgan fingerprint density at radius 3 is 1.24 bits per heavy atom. The minimum Gasteiger partial charge on any atom is -0.491 e. The lowest BCUT2D eigenvalue weighted by Gasteiger charge is -2.15. The van der Waals surface area contributed by atoms with E-state index in [1.54, 1.807) is 0 Å². The van der Waals surface area contributed by atoms with Crippen LogP contribution in [0.15, 0.2) is 24.3 Å². The second kappa shape index (κ2) is 9.93. The quantitative estimate of drug-likeness (QED) is 0.278. The van der Waals surface area contributed by atoms with Crippen LogP contribution in [0.4, 0.5) is 0 Å². The number of nitrogen functional groups attached to an aromatic ring is 2. The molecule has 7 nitrogen and oxygen atoms in total. The highest BCUT2D eigenvalue weighted by atomic mass is 16.5. The molecule has 0 aromatic heterocycles. The first-order valence-corrected chi connectivity index (χ1v) is 9.45. The van der Waals surface area contributed by atoms with Crippen molar-refractivity contribution < 1.29 is 14.2 Å². The molecule has 2 aromatic carbocycles. The van der Waals surface area contributed by atoms with Crippen LogP contribution >= 0.6 is 0 Å². The Bertz CT molecular complexity index is 789. The van der Waals surface area contributed by atoms with Gasteiger partial charge in [0, 0.05) is 11.1 Å². The van der Waals surface area contributed by atoms with Crippen LogP contribution in [0.3, 0.4) is 0 Å². The molecule has 0 aliphatic carbocycles. The maximum absolute atomic E-state index is 7.54. The molecule has 2 aromatic rings. The van der Waals surface area contributed by atoms with Crippen LogP contribution in [-0.2, 0) is 4.74 Å². The zero-order chi connectivity index (χ0) is 21.6. The summed E-state index contributed by atoms with van der Waals surface area (Å²) in [5.74, 6) is 1.69. The second-order valence-electron chi connectivity index (χ2n) is 7.01. The number of hydrogen-bond donors (Lipinski definition) is 4. The van der Waals surface area contributed by atoms with E-state index in [0.29, 0.717) is 37.6 Å². The fraction of sp³-hybridized carbons (Fsp3) is 0.364. The standard InChI is InChI=1S/C22H30N4O3/c1-13-9-17(21(23)24)10-14(2)19(13)28-7-5-27-6-8-29-20-15(3)11-18(22(25)26)12-16(20)4/h9-12H,5-8H2,1-4H3,(H3,23,24)(H3,25,26). The molecule has 0 heterocycles. The van der Waals surface area contributed by atoms with E-state index in [1.165, 1.54) is 0 Å². The molecule has 6 N–H and O–H groups in total. The molecule has 29 heavy (non-hydrogen) atoms. The fourth-order valence-corrected chi connectivity index (χ4v) is 3.17. The predicted octanol–water partition coefficient (Wildman–Crippen LogP) is 2.96. The predicted molar refractivity (Wildman–Crippen MR) is 116 cm³/mol. The first kappa shape index (κ1) is 22.2. The zero-order valence-electron chi connectivity index (χ0n) is 17.5. The maximum Gasteiger partial charge on any atom is 0.125 e. The molecule has 0 bridgehead atoms. The number of rotatable bonds is 10. The van der Waals surface area contributed by atoms with Gasteiger partial charge in [-0.25, -0.2) is 0 Å². The molecule has 0 amide bonds. The monoisotopic (exact) mass is 398 g/mol. The molecule has 0 saturated carbocycles. The number of nitrogens with one attached hydrogen (secondary N) is 2. The van der Waals surface area contributed by atoms with Crippen molar-refractivity contribution in [1.82, 2.24) is 0 Å². The molecule has 0 atom stereocenters. The van der Waals surface area contributed by atoms with Gasteiger partial charge in [-0.05, 0) is 74.2 Å². The molecular formula is C22H30N4O3. The summed E-state index contributed by atoms with van der Waals surface area (Å²) in [5, 5.41) is 15.1. The lowest BCUT2D eigenvalue weighted by atomic mass is 10.1. The van der Waals surface area contributed by atoms with Crippen LogP contribution in [0, 0.1) is 38.5 Å². The minimum atomic E-state index is 0.0486. The van der Waals surface area contributed by atoms with Gasteiger partial charge in [-0.1, -0.05) is 0 Å². The van der Waals surface area contributed by atoms with Crippen molar-refractivity contribution >= 4 is 11.7 Å². The summed E-state index contributed by atoms with van der Waals surface area (Å²) in [5.41, 5.74) is 16.3. The summed E-state index contributed by atoms with van der Waals surface area (Å²) >= 11 is 0.